The predicted octanol–water partition coefficient (Wildman–Crippen LogP) is 1.85. The molecule has 7 heteroatoms. The minimum Gasteiger partial charge on any atom is -0.468 e. The second-order valence-electron chi connectivity index (χ2n) is 5.03. The monoisotopic (exact) mass is 295 g/mol. The van der Waals surface area contributed by atoms with E-state index < -0.39 is 10.0 Å². The van der Waals surface area contributed by atoms with E-state index in [4.69, 9.17) is 4.42 Å². The molecular weight excluding hydrogens is 278 g/mol. The van der Waals surface area contributed by atoms with Crippen molar-refractivity contribution in [2.75, 3.05) is 6.54 Å². The van der Waals surface area contributed by atoms with Gasteiger partial charge in [0, 0.05) is 19.8 Å². The number of nitrogens with zero attached hydrogens (tertiary/aromatic N) is 3. The highest BCUT2D eigenvalue weighted by atomic mass is 32.2. The largest absolute Gasteiger partial charge is 0.468 e. The molecular formula is C13H17N3O3S. The van der Waals surface area contributed by atoms with Crippen LogP contribution >= 0.6 is 0 Å². The first-order chi connectivity index (χ1) is 9.50. The van der Waals surface area contributed by atoms with Crippen LogP contribution in [0.25, 0.3) is 0 Å². The third kappa shape index (κ3) is 2.06. The molecule has 0 N–H and O–H groups in total. The topological polar surface area (TPSA) is 68.3 Å². The van der Waals surface area contributed by atoms with E-state index in [1.807, 2.05) is 6.07 Å². The van der Waals surface area contributed by atoms with Crippen LogP contribution in [0.1, 0.15) is 30.5 Å². The molecule has 1 unspecified atom stereocenters. The minimum absolute atomic E-state index is 0.107. The van der Waals surface area contributed by atoms with Crippen LogP contribution in [0.5, 0.6) is 0 Å². The molecule has 2 aromatic heterocycles. The average molecular weight is 295 g/mol. The lowest BCUT2D eigenvalue weighted by Gasteiger charge is -2.21. The van der Waals surface area contributed by atoms with Crippen LogP contribution < -0.4 is 0 Å². The molecule has 0 spiro atoms. The first-order valence-corrected chi connectivity index (χ1v) is 7.99. The number of imidazole rings is 1. The third-order valence-electron chi connectivity index (χ3n) is 3.73. The highest BCUT2D eigenvalue weighted by Crippen LogP contribution is 2.36. The highest BCUT2D eigenvalue weighted by molar-refractivity contribution is 7.89. The molecule has 3 rings (SSSR count). The first-order valence-electron chi connectivity index (χ1n) is 6.55. The van der Waals surface area contributed by atoms with Gasteiger partial charge in [-0.2, -0.15) is 4.31 Å². The van der Waals surface area contributed by atoms with Crippen molar-refractivity contribution in [3.8, 4) is 0 Å². The maximum absolute atomic E-state index is 12.7. The van der Waals surface area contributed by atoms with Crippen molar-refractivity contribution >= 4 is 10.0 Å². The van der Waals surface area contributed by atoms with E-state index in [9.17, 15) is 8.42 Å². The van der Waals surface area contributed by atoms with Crippen molar-refractivity contribution in [3.05, 3.63) is 36.2 Å². The van der Waals surface area contributed by atoms with E-state index in [-0.39, 0.29) is 11.1 Å². The quantitative estimate of drug-likeness (QED) is 0.866. The second kappa shape index (κ2) is 4.75. The molecule has 108 valence electrons. The molecule has 1 atom stereocenters. The Labute approximate surface area is 118 Å². The molecule has 0 aliphatic carbocycles. The van der Waals surface area contributed by atoms with E-state index in [1.165, 1.54) is 4.31 Å². The molecule has 0 bridgehead atoms. The van der Waals surface area contributed by atoms with Gasteiger partial charge in [-0.1, -0.05) is 0 Å². The Morgan fingerprint density at radius 2 is 2.25 bits per heavy atom. The Kier molecular flexibility index (Phi) is 3.18. The Hall–Kier alpha value is -1.60. The van der Waals surface area contributed by atoms with Gasteiger partial charge in [-0.3, -0.25) is 0 Å². The summed E-state index contributed by atoms with van der Waals surface area (Å²) < 4.78 is 34.0. The number of hydrogen-bond acceptors (Lipinski definition) is 4. The Morgan fingerprint density at radius 1 is 1.45 bits per heavy atom. The van der Waals surface area contributed by atoms with Gasteiger partial charge in [-0.15, -0.1) is 0 Å². The third-order valence-corrected chi connectivity index (χ3v) is 5.51. The standard InChI is InChI=1S/C13H17N3O3S/c1-10-14-13(9-15(10)2)20(17,18)16-7-3-5-11(16)12-6-4-8-19-12/h4,6,8-9,11H,3,5,7H2,1-2H3. The minimum atomic E-state index is -3.57. The molecule has 2 aromatic rings. The van der Waals surface area contributed by atoms with Crippen molar-refractivity contribution in [1.82, 2.24) is 13.9 Å². The molecule has 0 aromatic carbocycles. The zero-order chi connectivity index (χ0) is 14.3. The van der Waals surface area contributed by atoms with Crippen molar-refractivity contribution in [1.29, 1.82) is 0 Å². The van der Waals surface area contributed by atoms with E-state index in [1.54, 1.807) is 37.1 Å². The van der Waals surface area contributed by atoms with E-state index in [2.05, 4.69) is 4.98 Å². The summed E-state index contributed by atoms with van der Waals surface area (Å²) in [5.41, 5.74) is 0. The van der Waals surface area contributed by atoms with Crippen LogP contribution in [-0.4, -0.2) is 28.8 Å². The molecule has 0 saturated carbocycles. The SMILES string of the molecule is Cc1nc(S(=O)(=O)N2CCCC2c2ccco2)cn1C. The summed E-state index contributed by atoms with van der Waals surface area (Å²) in [7, 11) is -1.79. The van der Waals surface area contributed by atoms with Crippen molar-refractivity contribution in [2.24, 2.45) is 7.05 Å². The van der Waals surface area contributed by atoms with Gasteiger partial charge in [-0.25, -0.2) is 13.4 Å². The maximum Gasteiger partial charge on any atom is 0.262 e. The van der Waals surface area contributed by atoms with Gasteiger partial charge in [0.25, 0.3) is 10.0 Å². The summed E-state index contributed by atoms with van der Waals surface area (Å²) >= 11 is 0. The molecule has 1 aliphatic rings. The van der Waals surface area contributed by atoms with Crippen molar-refractivity contribution < 1.29 is 12.8 Å². The zero-order valence-corrected chi connectivity index (χ0v) is 12.3. The Bertz CT molecular complexity index is 684. The normalized spacial score (nSPS) is 20.6. The molecule has 1 saturated heterocycles. The number of aryl methyl sites for hydroxylation is 2. The van der Waals surface area contributed by atoms with Crippen molar-refractivity contribution in [2.45, 2.75) is 30.8 Å². The van der Waals surface area contributed by atoms with Gasteiger partial charge in [0.1, 0.15) is 11.6 Å². The molecule has 1 fully saturated rings. The van der Waals surface area contributed by atoms with E-state index in [0.717, 1.165) is 12.8 Å². The van der Waals surface area contributed by atoms with Crippen LogP contribution in [0.2, 0.25) is 0 Å². The lowest BCUT2D eigenvalue weighted by molar-refractivity contribution is 0.339. The van der Waals surface area contributed by atoms with Crippen LogP contribution in [0.15, 0.2) is 34.0 Å². The highest BCUT2D eigenvalue weighted by Gasteiger charge is 2.38. The summed E-state index contributed by atoms with van der Waals surface area (Å²) in [5.74, 6) is 1.37. The summed E-state index contributed by atoms with van der Waals surface area (Å²) in [5, 5.41) is 0.107. The molecule has 0 radical (unpaired) electrons. The average Bonchev–Trinajstić information content (AvgIpc) is 3.10. The molecule has 1 aliphatic heterocycles. The number of rotatable bonds is 3. The van der Waals surface area contributed by atoms with E-state index >= 15 is 0 Å². The van der Waals surface area contributed by atoms with Gasteiger partial charge in [0.15, 0.2) is 5.03 Å². The van der Waals surface area contributed by atoms with Crippen LogP contribution in [0.3, 0.4) is 0 Å². The van der Waals surface area contributed by atoms with Gasteiger partial charge < -0.3 is 8.98 Å². The summed E-state index contributed by atoms with van der Waals surface area (Å²) in [6.07, 6.45) is 4.74. The molecule has 3 heterocycles. The van der Waals surface area contributed by atoms with E-state index in [0.29, 0.717) is 18.1 Å². The number of aromatic nitrogens is 2. The summed E-state index contributed by atoms with van der Waals surface area (Å²) in [6.45, 7) is 2.29. The first kappa shape index (κ1) is 13.4. The number of sulfonamides is 1. The second-order valence-corrected chi connectivity index (χ2v) is 6.86. The van der Waals surface area contributed by atoms with Gasteiger partial charge >= 0.3 is 0 Å². The van der Waals surface area contributed by atoms with Gasteiger partial charge in [-0.05, 0) is 31.9 Å². The summed E-state index contributed by atoms with van der Waals surface area (Å²) in [4.78, 5) is 4.14. The lowest BCUT2D eigenvalue weighted by atomic mass is 10.2. The lowest BCUT2D eigenvalue weighted by Crippen LogP contribution is -2.30. The van der Waals surface area contributed by atoms with Crippen molar-refractivity contribution in [3.63, 3.8) is 0 Å². The molecule has 6 nitrogen and oxygen atoms in total. The van der Waals surface area contributed by atoms with Gasteiger partial charge in [0.2, 0.25) is 0 Å². The number of furan rings is 1. The smallest absolute Gasteiger partial charge is 0.262 e. The molecule has 20 heavy (non-hydrogen) atoms. The van der Waals surface area contributed by atoms with Crippen LogP contribution in [0, 0.1) is 6.92 Å². The fourth-order valence-corrected chi connectivity index (χ4v) is 4.26. The Balaban J connectivity index is 1.98. The van der Waals surface area contributed by atoms with Crippen LogP contribution in [0.4, 0.5) is 0 Å². The Morgan fingerprint density at radius 3 is 2.85 bits per heavy atom. The summed E-state index contributed by atoms with van der Waals surface area (Å²) in [6, 6.07) is 3.38. The molecule has 0 amide bonds. The van der Waals surface area contributed by atoms with Crippen LogP contribution in [-0.2, 0) is 17.1 Å². The zero-order valence-electron chi connectivity index (χ0n) is 11.5. The van der Waals surface area contributed by atoms with Gasteiger partial charge in [0.05, 0.1) is 12.3 Å². The number of hydrogen-bond donors (Lipinski definition) is 0. The fraction of sp³-hybridized carbons (Fsp3) is 0.462. The predicted molar refractivity (Wildman–Crippen MR) is 72.5 cm³/mol. The fourth-order valence-electron chi connectivity index (χ4n) is 2.56. The maximum atomic E-state index is 12.7.